The molecule has 37 heavy (non-hydrogen) atoms. The molecule has 3 aromatic rings. The van der Waals surface area contributed by atoms with Crippen LogP contribution in [0.25, 0.3) is 6.08 Å². The van der Waals surface area contributed by atoms with E-state index in [0.717, 1.165) is 27.2 Å². The van der Waals surface area contributed by atoms with E-state index in [1.807, 2.05) is 32.0 Å². The van der Waals surface area contributed by atoms with E-state index in [1.165, 1.54) is 6.08 Å². The average Bonchev–Trinajstić information content (AvgIpc) is 2.85. The maximum Gasteiger partial charge on any atom is 0.335 e. The molecule has 0 spiro atoms. The highest BCUT2D eigenvalue weighted by Crippen LogP contribution is 2.28. The number of aryl methyl sites for hydroxylation is 2. The minimum atomic E-state index is -0.784. The quantitative estimate of drug-likeness (QED) is 0.211. The molecular formula is C29H24Cl2N2O4. The molecule has 1 aliphatic rings. The zero-order chi connectivity index (χ0) is 26.7. The standard InChI is InChI=1S/C29H24Cl2N2O4/c1-4-5-21-13-19(8-11-26(21)37-16-20-7-10-24(30)25(31)15-20)14-23-27(34)32-29(36)33(28(23)35)22-9-6-17(2)18(3)12-22/h4,6-15H,1,5,16H2,2-3H3,(H,32,34,36)/b23-14+. The number of benzene rings is 3. The summed E-state index contributed by atoms with van der Waals surface area (Å²) in [5.74, 6) is -0.818. The monoisotopic (exact) mass is 534 g/mol. The Kier molecular flexibility index (Phi) is 7.81. The molecule has 0 radical (unpaired) electrons. The molecule has 1 heterocycles. The van der Waals surface area contributed by atoms with Crippen LogP contribution in [-0.4, -0.2) is 17.8 Å². The summed E-state index contributed by atoms with van der Waals surface area (Å²) in [6, 6.07) is 15.1. The molecule has 188 valence electrons. The summed E-state index contributed by atoms with van der Waals surface area (Å²) < 4.78 is 6.00. The van der Waals surface area contributed by atoms with E-state index < -0.39 is 17.8 Å². The summed E-state index contributed by atoms with van der Waals surface area (Å²) in [7, 11) is 0. The molecule has 1 N–H and O–H groups in total. The Morgan fingerprint density at radius 2 is 1.73 bits per heavy atom. The van der Waals surface area contributed by atoms with Gasteiger partial charge in [0, 0.05) is 0 Å². The molecule has 6 nitrogen and oxygen atoms in total. The molecule has 4 amide bonds. The van der Waals surface area contributed by atoms with Gasteiger partial charge in [-0.25, -0.2) is 9.69 Å². The number of hydrogen-bond acceptors (Lipinski definition) is 4. The summed E-state index contributed by atoms with van der Waals surface area (Å²) in [6.07, 6.45) is 3.70. The van der Waals surface area contributed by atoms with Crippen molar-refractivity contribution >= 4 is 52.8 Å². The molecule has 8 heteroatoms. The number of barbiturate groups is 1. The SMILES string of the molecule is C=CCc1cc(/C=C2\C(=O)NC(=O)N(c3ccc(C)c(C)c3)C2=O)ccc1OCc1ccc(Cl)c(Cl)c1. The van der Waals surface area contributed by atoms with E-state index in [4.69, 9.17) is 27.9 Å². The fourth-order valence-corrected chi connectivity index (χ4v) is 4.18. The number of rotatable bonds is 7. The molecule has 4 rings (SSSR count). The van der Waals surface area contributed by atoms with Crippen molar-refractivity contribution in [3.05, 3.63) is 111 Å². The fourth-order valence-electron chi connectivity index (χ4n) is 3.86. The van der Waals surface area contributed by atoms with Gasteiger partial charge in [0.2, 0.25) is 0 Å². The van der Waals surface area contributed by atoms with Gasteiger partial charge in [0.15, 0.2) is 0 Å². The number of carbonyl (C=O) groups is 3. The van der Waals surface area contributed by atoms with E-state index in [1.54, 1.807) is 42.5 Å². The second-order valence-electron chi connectivity index (χ2n) is 8.62. The van der Waals surface area contributed by atoms with Crippen molar-refractivity contribution in [2.45, 2.75) is 26.9 Å². The molecule has 0 aromatic heterocycles. The van der Waals surface area contributed by atoms with E-state index in [0.29, 0.717) is 33.5 Å². The minimum absolute atomic E-state index is 0.146. The Morgan fingerprint density at radius 1 is 0.946 bits per heavy atom. The van der Waals surface area contributed by atoms with Crippen molar-refractivity contribution < 1.29 is 19.1 Å². The summed E-state index contributed by atoms with van der Waals surface area (Å²) in [5.41, 5.74) is 4.46. The highest BCUT2D eigenvalue weighted by Gasteiger charge is 2.36. The zero-order valence-corrected chi connectivity index (χ0v) is 21.8. The van der Waals surface area contributed by atoms with E-state index in [-0.39, 0.29) is 12.2 Å². The average molecular weight is 535 g/mol. The normalized spacial score (nSPS) is 14.6. The Labute approximate surface area is 225 Å². The molecular weight excluding hydrogens is 511 g/mol. The number of nitrogens with zero attached hydrogens (tertiary/aromatic N) is 1. The van der Waals surface area contributed by atoms with Crippen molar-refractivity contribution in [1.29, 1.82) is 0 Å². The van der Waals surface area contributed by atoms with Gasteiger partial charge in [-0.1, -0.05) is 47.5 Å². The first-order chi connectivity index (χ1) is 17.7. The summed E-state index contributed by atoms with van der Waals surface area (Å²) in [4.78, 5) is 39.3. The molecule has 0 unspecified atom stereocenters. The number of urea groups is 1. The third kappa shape index (κ3) is 5.77. The van der Waals surface area contributed by atoms with Gasteiger partial charge in [0.25, 0.3) is 11.8 Å². The van der Waals surface area contributed by atoms with Gasteiger partial charge in [-0.05, 0) is 90.6 Å². The van der Waals surface area contributed by atoms with Gasteiger partial charge < -0.3 is 4.74 Å². The number of anilines is 1. The van der Waals surface area contributed by atoms with Crippen molar-refractivity contribution in [2.24, 2.45) is 0 Å². The second kappa shape index (κ2) is 11.0. The maximum absolute atomic E-state index is 13.3. The Morgan fingerprint density at radius 3 is 2.43 bits per heavy atom. The molecule has 1 aliphatic heterocycles. The maximum atomic E-state index is 13.3. The Hall–Kier alpha value is -3.87. The highest BCUT2D eigenvalue weighted by molar-refractivity contribution is 6.42. The molecule has 0 atom stereocenters. The fraction of sp³-hybridized carbons (Fsp3) is 0.138. The van der Waals surface area contributed by atoms with Gasteiger partial charge in [0.1, 0.15) is 17.9 Å². The van der Waals surface area contributed by atoms with Crippen LogP contribution in [0.15, 0.2) is 72.8 Å². The van der Waals surface area contributed by atoms with Gasteiger partial charge in [0.05, 0.1) is 15.7 Å². The van der Waals surface area contributed by atoms with Crippen LogP contribution >= 0.6 is 23.2 Å². The number of imide groups is 2. The summed E-state index contributed by atoms with van der Waals surface area (Å²) in [5, 5.41) is 3.17. The molecule has 1 saturated heterocycles. The molecule has 0 saturated carbocycles. The highest BCUT2D eigenvalue weighted by atomic mass is 35.5. The number of halogens is 2. The number of ether oxygens (including phenoxy) is 1. The van der Waals surface area contributed by atoms with E-state index >= 15 is 0 Å². The van der Waals surface area contributed by atoms with Gasteiger partial charge in [-0.2, -0.15) is 0 Å². The Balaban J connectivity index is 1.62. The first-order valence-corrected chi connectivity index (χ1v) is 12.2. The molecule has 0 aliphatic carbocycles. The molecule has 1 fully saturated rings. The number of carbonyl (C=O) groups excluding carboxylic acids is 3. The van der Waals surface area contributed by atoms with Gasteiger partial charge in [-0.3, -0.25) is 14.9 Å². The van der Waals surface area contributed by atoms with Crippen LogP contribution in [0.2, 0.25) is 10.0 Å². The van der Waals surface area contributed by atoms with E-state index in [2.05, 4.69) is 11.9 Å². The van der Waals surface area contributed by atoms with Crippen molar-refractivity contribution in [3.8, 4) is 5.75 Å². The van der Waals surface area contributed by atoms with Crippen molar-refractivity contribution in [1.82, 2.24) is 5.32 Å². The van der Waals surface area contributed by atoms with Crippen LogP contribution in [-0.2, 0) is 22.6 Å². The van der Waals surface area contributed by atoms with Crippen molar-refractivity contribution in [2.75, 3.05) is 4.90 Å². The molecule has 3 aromatic carbocycles. The lowest BCUT2D eigenvalue weighted by atomic mass is 10.0. The number of hydrogen-bond donors (Lipinski definition) is 1. The zero-order valence-electron chi connectivity index (χ0n) is 20.3. The lowest BCUT2D eigenvalue weighted by molar-refractivity contribution is -0.122. The number of amides is 4. The van der Waals surface area contributed by atoms with Crippen LogP contribution < -0.4 is 15.0 Å². The van der Waals surface area contributed by atoms with E-state index in [9.17, 15) is 14.4 Å². The topological polar surface area (TPSA) is 75.7 Å². The van der Waals surface area contributed by atoms with Crippen LogP contribution in [0.3, 0.4) is 0 Å². The predicted molar refractivity (Wildman–Crippen MR) is 146 cm³/mol. The summed E-state index contributed by atoms with van der Waals surface area (Å²) in [6.45, 7) is 7.90. The van der Waals surface area contributed by atoms with Gasteiger partial charge in [-0.15, -0.1) is 6.58 Å². The largest absolute Gasteiger partial charge is 0.489 e. The Bertz CT molecular complexity index is 1460. The lowest BCUT2D eigenvalue weighted by Crippen LogP contribution is -2.54. The number of nitrogens with one attached hydrogen (secondary N) is 1. The first kappa shape index (κ1) is 26.2. The first-order valence-electron chi connectivity index (χ1n) is 11.5. The van der Waals surface area contributed by atoms with Crippen LogP contribution in [0.5, 0.6) is 5.75 Å². The predicted octanol–water partition coefficient (Wildman–Crippen LogP) is 6.58. The third-order valence-corrected chi connectivity index (χ3v) is 6.73. The minimum Gasteiger partial charge on any atom is -0.489 e. The van der Waals surface area contributed by atoms with Crippen LogP contribution in [0.4, 0.5) is 10.5 Å². The van der Waals surface area contributed by atoms with Gasteiger partial charge >= 0.3 is 6.03 Å². The second-order valence-corrected chi connectivity index (χ2v) is 9.44. The number of allylic oxidation sites excluding steroid dienone is 1. The molecule has 0 bridgehead atoms. The third-order valence-electron chi connectivity index (χ3n) is 5.99. The van der Waals surface area contributed by atoms with Crippen LogP contribution in [0.1, 0.15) is 27.8 Å². The smallest absolute Gasteiger partial charge is 0.335 e. The lowest BCUT2D eigenvalue weighted by Gasteiger charge is -2.27. The van der Waals surface area contributed by atoms with Crippen LogP contribution in [0, 0.1) is 13.8 Å². The van der Waals surface area contributed by atoms with Crippen molar-refractivity contribution in [3.63, 3.8) is 0 Å². The summed E-state index contributed by atoms with van der Waals surface area (Å²) >= 11 is 12.1.